The van der Waals surface area contributed by atoms with Gasteiger partial charge in [0.05, 0.1) is 19.6 Å². The summed E-state index contributed by atoms with van der Waals surface area (Å²) in [5, 5.41) is 2.75. The summed E-state index contributed by atoms with van der Waals surface area (Å²) in [4.78, 5) is 15.3. The molecule has 154 valence electrons. The van der Waals surface area contributed by atoms with Gasteiger partial charge in [0.1, 0.15) is 10.6 Å². The van der Waals surface area contributed by atoms with Crippen molar-refractivity contribution in [3.05, 3.63) is 54.1 Å². The molecule has 0 unspecified atom stereocenters. The minimum absolute atomic E-state index is 0.110. The van der Waals surface area contributed by atoms with Crippen LogP contribution < -0.4 is 19.8 Å². The minimum Gasteiger partial charge on any atom is -0.494 e. The SMILES string of the molecule is Cc1cccc(OCCCC(=O)Nc2cccc(S(=O)(=O)NC3=[NH+]CCC3)c2)c1. The van der Waals surface area contributed by atoms with Crippen LogP contribution in [0.2, 0.25) is 0 Å². The second kappa shape index (κ2) is 9.56. The molecule has 0 saturated carbocycles. The van der Waals surface area contributed by atoms with Crippen molar-refractivity contribution >= 4 is 27.5 Å². The third-order valence-electron chi connectivity index (χ3n) is 4.43. The molecule has 3 rings (SSSR count). The first kappa shape index (κ1) is 20.9. The number of aryl methyl sites for hydroxylation is 1. The van der Waals surface area contributed by atoms with Crippen LogP contribution in [-0.4, -0.2) is 33.3 Å². The number of nitrogens with one attached hydrogen (secondary N) is 3. The van der Waals surface area contributed by atoms with Crippen molar-refractivity contribution < 1.29 is 22.9 Å². The Hall–Kier alpha value is -2.87. The Morgan fingerprint density at radius 3 is 2.76 bits per heavy atom. The average Bonchev–Trinajstić information content (AvgIpc) is 3.18. The first-order chi connectivity index (χ1) is 13.9. The lowest BCUT2D eigenvalue weighted by Gasteiger charge is -2.09. The molecule has 0 atom stereocenters. The van der Waals surface area contributed by atoms with Gasteiger partial charge in [-0.25, -0.2) is 0 Å². The number of anilines is 1. The predicted octanol–water partition coefficient (Wildman–Crippen LogP) is 1.34. The lowest BCUT2D eigenvalue weighted by molar-refractivity contribution is -0.448. The molecule has 1 amide bonds. The van der Waals surface area contributed by atoms with E-state index in [0.717, 1.165) is 24.3 Å². The molecule has 0 spiro atoms. The third-order valence-corrected chi connectivity index (χ3v) is 5.82. The lowest BCUT2D eigenvalue weighted by Crippen LogP contribution is -2.72. The summed E-state index contributed by atoms with van der Waals surface area (Å²) in [5.74, 6) is 1.20. The molecule has 0 aliphatic carbocycles. The van der Waals surface area contributed by atoms with Crippen LogP contribution in [0.15, 0.2) is 53.4 Å². The highest BCUT2D eigenvalue weighted by Crippen LogP contribution is 2.16. The molecule has 1 aliphatic heterocycles. The molecule has 8 heteroatoms. The summed E-state index contributed by atoms with van der Waals surface area (Å²) in [5.41, 5.74) is 1.56. The largest absolute Gasteiger partial charge is 0.494 e. The standard InChI is InChI=1S/C21H25N3O4S/c1-16-6-2-8-18(14-16)28-13-5-11-21(25)23-17-7-3-9-19(15-17)29(26,27)24-20-10-4-12-22-20/h2-3,6-9,14-15H,4-5,10-13H2,1H3,(H,22,24)(H,23,25)/p+1. The first-order valence-corrected chi connectivity index (χ1v) is 11.1. The van der Waals surface area contributed by atoms with E-state index in [1.54, 1.807) is 12.1 Å². The first-order valence-electron chi connectivity index (χ1n) is 9.64. The second-order valence-electron chi connectivity index (χ2n) is 6.96. The van der Waals surface area contributed by atoms with Gasteiger partial charge in [-0.2, -0.15) is 13.1 Å². The van der Waals surface area contributed by atoms with Gasteiger partial charge in [-0.3, -0.25) is 9.79 Å². The number of amides is 1. The van der Waals surface area contributed by atoms with Crippen molar-refractivity contribution in [3.8, 4) is 5.75 Å². The Morgan fingerprint density at radius 2 is 2.00 bits per heavy atom. The molecule has 0 saturated heterocycles. The maximum absolute atomic E-state index is 12.5. The van der Waals surface area contributed by atoms with Gasteiger partial charge in [-0.15, -0.1) is 0 Å². The van der Waals surface area contributed by atoms with E-state index in [2.05, 4.69) is 15.0 Å². The Balaban J connectivity index is 1.49. The van der Waals surface area contributed by atoms with Crippen molar-refractivity contribution in [1.82, 2.24) is 4.72 Å². The zero-order chi connectivity index (χ0) is 20.7. The molecule has 0 bridgehead atoms. The summed E-state index contributed by atoms with van der Waals surface area (Å²) in [6.07, 6.45) is 2.42. The number of ether oxygens (including phenoxy) is 1. The normalized spacial score (nSPS) is 13.6. The predicted molar refractivity (Wildman–Crippen MR) is 111 cm³/mol. The van der Waals surface area contributed by atoms with Crippen LogP contribution in [0.25, 0.3) is 0 Å². The molecular weight excluding hydrogens is 390 g/mol. The molecule has 1 aliphatic rings. The van der Waals surface area contributed by atoms with Crippen LogP contribution in [0.3, 0.4) is 0 Å². The second-order valence-corrected chi connectivity index (χ2v) is 8.64. The van der Waals surface area contributed by atoms with Crippen molar-refractivity contribution in [2.45, 2.75) is 37.5 Å². The summed E-state index contributed by atoms with van der Waals surface area (Å²) >= 11 is 0. The molecule has 29 heavy (non-hydrogen) atoms. The van der Waals surface area contributed by atoms with Gasteiger partial charge in [-0.1, -0.05) is 18.2 Å². The molecule has 2 aromatic rings. The van der Waals surface area contributed by atoms with Crippen molar-refractivity contribution in [3.63, 3.8) is 0 Å². The maximum Gasteiger partial charge on any atom is 0.328 e. The van der Waals surface area contributed by atoms with Gasteiger partial charge in [0.25, 0.3) is 5.84 Å². The molecule has 3 N–H and O–H groups in total. The Bertz CT molecular complexity index is 1000. The Morgan fingerprint density at radius 1 is 1.17 bits per heavy atom. The molecule has 0 aromatic heterocycles. The molecule has 1 heterocycles. The Kier molecular flexibility index (Phi) is 6.87. The van der Waals surface area contributed by atoms with Crippen LogP contribution in [-0.2, 0) is 14.8 Å². The maximum atomic E-state index is 12.5. The number of carbonyl (C=O) groups is 1. The lowest BCUT2D eigenvalue weighted by atomic mass is 10.2. The van der Waals surface area contributed by atoms with Crippen molar-refractivity contribution in [1.29, 1.82) is 0 Å². The van der Waals surface area contributed by atoms with E-state index in [0.29, 0.717) is 31.0 Å². The topological polar surface area (TPSA) is 98.5 Å². The highest BCUT2D eigenvalue weighted by Gasteiger charge is 2.24. The van der Waals surface area contributed by atoms with Crippen LogP contribution in [0.4, 0.5) is 5.69 Å². The summed E-state index contributed by atoms with van der Waals surface area (Å²) in [6.45, 7) is 3.19. The van der Waals surface area contributed by atoms with Crippen molar-refractivity contribution in [2.24, 2.45) is 0 Å². The molecule has 0 radical (unpaired) electrons. The van der Waals surface area contributed by atoms with Gasteiger partial charge in [0.15, 0.2) is 0 Å². The number of rotatable bonds is 8. The van der Waals surface area contributed by atoms with Gasteiger partial charge in [0.2, 0.25) is 5.91 Å². The monoisotopic (exact) mass is 416 g/mol. The van der Waals surface area contributed by atoms with E-state index in [-0.39, 0.29) is 17.2 Å². The van der Waals surface area contributed by atoms with Gasteiger partial charge >= 0.3 is 10.0 Å². The average molecular weight is 417 g/mol. The molecule has 2 aromatic carbocycles. The fourth-order valence-electron chi connectivity index (χ4n) is 2.99. The summed E-state index contributed by atoms with van der Waals surface area (Å²) < 4.78 is 33.2. The molecule has 0 fully saturated rings. The van der Waals surface area contributed by atoms with Gasteiger partial charge in [-0.05, 0) is 55.7 Å². The third kappa shape index (κ3) is 6.32. The van der Waals surface area contributed by atoms with Crippen LogP contribution in [0, 0.1) is 6.92 Å². The van der Waals surface area contributed by atoms with Crippen LogP contribution >= 0.6 is 0 Å². The summed E-state index contributed by atoms with van der Waals surface area (Å²) in [6, 6.07) is 14.0. The van der Waals surface area contributed by atoms with Crippen LogP contribution in [0.5, 0.6) is 5.75 Å². The number of hydrogen-bond acceptors (Lipinski definition) is 4. The van der Waals surface area contributed by atoms with E-state index in [4.69, 9.17) is 4.74 Å². The van der Waals surface area contributed by atoms with Crippen LogP contribution in [0.1, 0.15) is 31.2 Å². The molecule has 7 nitrogen and oxygen atoms in total. The van der Waals surface area contributed by atoms with Gasteiger partial charge in [0, 0.05) is 12.1 Å². The number of sulfonamides is 1. The Labute approximate surface area is 171 Å². The number of amidine groups is 1. The van der Waals surface area contributed by atoms with E-state index in [1.807, 2.05) is 31.2 Å². The van der Waals surface area contributed by atoms with E-state index in [1.165, 1.54) is 12.1 Å². The number of carbonyl (C=O) groups excluding carboxylic acids is 1. The van der Waals surface area contributed by atoms with E-state index in [9.17, 15) is 13.2 Å². The number of hydrogen-bond donors (Lipinski definition) is 3. The van der Waals surface area contributed by atoms with Gasteiger partial charge < -0.3 is 10.1 Å². The number of benzene rings is 2. The zero-order valence-corrected chi connectivity index (χ0v) is 17.2. The molecular formula is C21H26N3O4S+. The fraction of sp³-hybridized carbons (Fsp3) is 0.333. The smallest absolute Gasteiger partial charge is 0.328 e. The van der Waals surface area contributed by atoms with E-state index >= 15 is 0 Å². The minimum atomic E-state index is -3.68. The highest BCUT2D eigenvalue weighted by molar-refractivity contribution is 7.90. The zero-order valence-electron chi connectivity index (χ0n) is 16.4. The summed E-state index contributed by atoms with van der Waals surface area (Å²) in [7, 11) is -3.68. The van der Waals surface area contributed by atoms with E-state index < -0.39 is 10.0 Å². The highest BCUT2D eigenvalue weighted by atomic mass is 32.2. The van der Waals surface area contributed by atoms with Crippen molar-refractivity contribution in [2.75, 3.05) is 18.5 Å². The quantitative estimate of drug-likeness (QED) is 0.566. The fourth-order valence-corrected chi connectivity index (χ4v) is 4.15.